The van der Waals surface area contributed by atoms with Crippen LogP contribution in [0.3, 0.4) is 0 Å². The maximum absolute atomic E-state index is 12.1. The van der Waals surface area contributed by atoms with Crippen LogP contribution < -0.4 is 29.6 Å². The minimum atomic E-state index is -4.86. The Morgan fingerprint density at radius 3 is 1.62 bits per heavy atom. The summed E-state index contributed by atoms with van der Waals surface area (Å²) in [6.07, 6.45) is -0.815. The van der Waals surface area contributed by atoms with Crippen LogP contribution in [-0.2, 0) is 29.2 Å². The zero-order chi connectivity index (χ0) is 18.7. The predicted octanol–water partition coefficient (Wildman–Crippen LogP) is -0.682. The minimum Gasteiger partial charge on any atom is -1.00 e. The molecule has 0 aliphatic rings. The van der Waals surface area contributed by atoms with E-state index in [0.717, 1.165) is 6.92 Å². The van der Waals surface area contributed by atoms with E-state index in [2.05, 4.69) is 0 Å². The van der Waals surface area contributed by atoms with E-state index in [-0.39, 0.29) is 55.0 Å². The van der Waals surface area contributed by atoms with E-state index in [4.69, 9.17) is 9.47 Å². The number of rotatable bonds is 6. The first-order valence-electron chi connectivity index (χ1n) is 7.28. The number of hydrogen-bond donors (Lipinski definition) is 1. The normalized spacial score (nSPS) is 15.0. The number of esters is 2. The van der Waals surface area contributed by atoms with Crippen LogP contribution in [0.15, 0.2) is 0 Å². The second-order valence-electron chi connectivity index (χ2n) is 8.24. The van der Waals surface area contributed by atoms with E-state index in [9.17, 15) is 22.6 Å². The smallest absolute Gasteiger partial charge is 1.00 e. The third-order valence-electron chi connectivity index (χ3n) is 2.79. The van der Waals surface area contributed by atoms with Gasteiger partial charge >= 0.3 is 41.5 Å². The quantitative estimate of drug-likeness (QED) is 0.372. The van der Waals surface area contributed by atoms with Crippen molar-refractivity contribution in [3.63, 3.8) is 0 Å². The van der Waals surface area contributed by atoms with Crippen molar-refractivity contribution in [2.24, 2.45) is 10.8 Å². The van der Waals surface area contributed by atoms with Crippen LogP contribution in [0.4, 0.5) is 0 Å². The summed E-state index contributed by atoms with van der Waals surface area (Å²) in [5, 5.41) is 0. The molecular formula is C15H29NaO7S. The van der Waals surface area contributed by atoms with Gasteiger partial charge in [0.05, 0.1) is 19.6 Å². The largest absolute Gasteiger partial charge is 1.00 e. The number of carbonyl (C=O) groups is 2. The van der Waals surface area contributed by atoms with Gasteiger partial charge < -0.3 is 10.9 Å². The van der Waals surface area contributed by atoms with Crippen LogP contribution in [0, 0.1) is 10.8 Å². The third-order valence-corrected chi connectivity index (χ3v) is 4.23. The maximum atomic E-state index is 12.1. The Kier molecular flexibility index (Phi) is 9.76. The Hall–Kier alpha value is -0.150. The summed E-state index contributed by atoms with van der Waals surface area (Å²) >= 11 is 0. The molecule has 138 valence electrons. The summed E-state index contributed by atoms with van der Waals surface area (Å²) in [7, 11) is -4.86. The number of carbonyl (C=O) groups excluding carboxylic acids is 2. The fourth-order valence-corrected chi connectivity index (χ4v) is 1.90. The molecule has 0 saturated heterocycles. The van der Waals surface area contributed by atoms with Crippen molar-refractivity contribution >= 4 is 22.1 Å². The van der Waals surface area contributed by atoms with Gasteiger partial charge in [0.2, 0.25) is 4.75 Å². The Labute approximate surface area is 168 Å². The van der Waals surface area contributed by atoms with Gasteiger partial charge in [-0.25, -0.2) is 0 Å². The van der Waals surface area contributed by atoms with Crippen LogP contribution in [-0.4, -0.2) is 42.9 Å². The van der Waals surface area contributed by atoms with Crippen molar-refractivity contribution in [1.82, 2.24) is 0 Å². The molecule has 0 aromatic heterocycles. The Balaban J connectivity index is -0.00000242. The standard InChI is InChI=1S/C15H28O7S.Na.H/c1-13(2,3)9-21-11(16)8-15(7,23(18,19)20)12(17)22-10-14(4,5)6;;/h8-10H2,1-7H3,(H,18,19,20);;/q;+1;-1. The molecule has 0 aromatic rings. The molecule has 1 N–H and O–H groups in total. The summed E-state index contributed by atoms with van der Waals surface area (Å²) in [5.41, 5.74) is -0.695. The molecule has 0 aromatic carbocycles. The van der Waals surface area contributed by atoms with Crippen molar-refractivity contribution in [1.29, 1.82) is 0 Å². The van der Waals surface area contributed by atoms with Crippen LogP contribution in [0.1, 0.15) is 56.3 Å². The molecule has 0 radical (unpaired) electrons. The van der Waals surface area contributed by atoms with Gasteiger partial charge in [-0.1, -0.05) is 41.5 Å². The van der Waals surface area contributed by atoms with E-state index in [1.165, 1.54) is 0 Å². The second-order valence-corrected chi connectivity index (χ2v) is 10.1. The van der Waals surface area contributed by atoms with E-state index < -0.39 is 33.2 Å². The molecule has 0 bridgehead atoms. The van der Waals surface area contributed by atoms with Gasteiger partial charge in [-0.15, -0.1) is 0 Å². The molecule has 0 aliphatic carbocycles. The zero-order valence-corrected chi connectivity index (χ0v) is 18.7. The topological polar surface area (TPSA) is 107 Å². The zero-order valence-electron chi connectivity index (χ0n) is 16.9. The van der Waals surface area contributed by atoms with Crippen LogP contribution in [0.2, 0.25) is 0 Å². The Bertz CT molecular complexity index is 549. The predicted molar refractivity (Wildman–Crippen MR) is 86.5 cm³/mol. The van der Waals surface area contributed by atoms with Crippen molar-refractivity contribution in [3.05, 3.63) is 0 Å². The second kappa shape index (κ2) is 8.98. The molecule has 0 saturated carbocycles. The van der Waals surface area contributed by atoms with Crippen LogP contribution >= 0.6 is 0 Å². The van der Waals surface area contributed by atoms with E-state index in [1.54, 1.807) is 20.8 Å². The number of ether oxygens (including phenoxy) is 2. The van der Waals surface area contributed by atoms with Crippen LogP contribution in [0.25, 0.3) is 0 Å². The van der Waals surface area contributed by atoms with Crippen molar-refractivity contribution in [3.8, 4) is 0 Å². The molecule has 0 rings (SSSR count). The average Bonchev–Trinajstić information content (AvgIpc) is 2.30. The molecule has 0 fully saturated rings. The van der Waals surface area contributed by atoms with Gasteiger partial charge in [0, 0.05) is 0 Å². The van der Waals surface area contributed by atoms with Gasteiger partial charge in [0.15, 0.2) is 0 Å². The Morgan fingerprint density at radius 1 is 0.917 bits per heavy atom. The summed E-state index contributed by atoms with van der Waals surface area (Å²) in [4.78, 5) is 24.0. The molecule has 0 spiro atoms. The van der Waals surface area contributed by atoms with Gasteiger partial charge in [-0.3, -0.25) is 14.1 Å². The van der Waals surface area contributed by atoms with E-state index in [1.807, 2.05) is 20.8 Å². The molecular weight excluding hydrogens is 347 g/mol. The fraction of sp³-hybridized carbons (Fsp3) is 0.867. The number of hydrogen-bond acceptors (Lipinski definition) is 6. The summed E-state index contributed by atoms with van der Waals surface area (Å²) in [5.74, 6) is -2.07. The molecule has 9 heteroatoms. The molecule has 0 heterocycles. The summed E-state index contributed by atoms with van der Waals surface area (Å²) in [6.45, 7) is 11.8. The van der Waals surface area contributed by atoms with Gasteiger partial charge in [-0.05, 0) is 17.8 Å². The van der Waals surface area contributed by atoms with Crippen molar-refractivity contribution < 1.29 is 63.0 Å². The first kappa shape index (κ1) is 26.1. The SMILES string of the molecule is CC(C)(C)COC(=O)CC(C)(C(=O)OCC(C)(C)C)S(=O)(=O)O.[H-].[Na+]. The molecule has 1 unspecified atom stereocenters. The van der Waals surface area contributed by atoms with Crippen LogP contribution in [0.5, 0.6) is 0 Å². The molecule has 0 amide bonds. The average molecular weight is 376 g/mol. The van der Waals surface area contributed by atoms with E-state index in [0.29, 0.717) is 0 Å². The third kappa shape index (κ3) is 9.36. The van der Waals surface area contributed by atoms with Crippen molar-refractivity contribution in [2.45, 2.75) is 59.6 Å². The maximum Gasteiger partial charge on any atom is 1.00 e. The van der Waals surface area contributed by atoms with Gasteiger partial charge in [0.25, 0.3) is 10.1 Å². The summed E-state index contributed by atoms with van der Waals surface area (Å²) in [6, 6.07) is 0. The fourth-order valence-electron chi connectivity index (χ4n) is 1.33. The summed E-state index contributed by atoms with van der Waals surface area (Å²) < 4.78 is 40.1. The van der Waals surface area contributed by atoms with E-state index >= 15 is 0 Å². The molecule has 0 aliphatic heterocycles. The molecule has 1 atom stereocenters. The van der Waals surface area contributed by atoms with Gasteiger partial charge in [0.1, 0.15) is 0 Å². The molecule has 24 heavy (non-hydrogen) atoms. The van der Waals surface area contributed by atoms with Crippen molar-refractivity contribution in [2.75, 3.05) is 13.2 Å². The first-order chi connectivity index (χ1) is 9.98. The van der Waals surface area contributed by atoms with Gasteiger partial charge in [-0.2, -0.15) is 8.42 Å². The molecule has 7 nitrogen and oxygen atoms in total. The Morgan fingerprint density at radius 2 is 1.29 bits per heavy atom. The minimum absolute atomic E-state index is 0. The monoisotopic (exact) mass is 376 g/mol. The first-order valence-corrected chi connectivity index (χ1v) is 8.72.